The maximum atomic E-state index is 12.1. The van der Waals surface area contributed by atoms with Gasteiger partial charge in [-0.15, -0.1) is 11.8 Å². The molecule has 0 saturated heterocycles. The van der Waals surface area contributed by atoms with E-state index in [4.69, 9.17) is 4.74 Å². The van der Waals surface area contributed by atoms with Gasteiger partial charge in [0.1, 0.15) is 0 Å². The molecule has 0 fully saturated rings. The zero-order valence-electron chi connectivity index (χ0n) is 12.1. The average Bonchev–Trinajstić information content (AvgIpc) is 2.83. The van der Waals surface area contributed by atoms with Gasteiger partial charge in [0, 0.05) is 4.90 Å². The minimum atomic E-state index is -0.476. The predicted molar refractivity (Wildman–Crippen MR) is 85.1 cm³/mol. The lowest BCUT2D eigenvalue weighted by molar-refractivity contribution is -0.142. The van der Waals surface area contributed by atoms with Crippen LogP contribution < -0.4 is 0 Å². The van der Waals surface area contributed by atoms with Gasteiger partial charge in [-0.25, -0.2) is 4.90 Å². The average molecular weight is 327 g/mol. The van der Waals surface area contributed by atoms with Gasteiger partial charge in [-0.3, -0.25) is 14.4 Å². The Balaban J connectivity index is 1.54. The van der Waals surface area contributed by atoms with Gasteiger partial charge in [0.15, 0.2) is 6.73 Å². The van der Waals surface area contributed by atoms with Crippen LogP contribution >= 0.6 is 11.8 Å². The summed E-state index contributed by atoms with van der Waals surface area (Å²) >= 11 is 1.34. The maximum absolute atomic E-state index is 12.1. The van der Waals surface area contributed by atoms with Gasteiger partial charge in [-0.2, -0.15) is 0 Å². The highest BCUT2D eigenvalue weighted by molar-refractivity contribution is 8.00. The molecule has 6 heteroatoms. The van der Waals surface area contributed by atoms with Gasteiger partial charge < -0.3 is 4.74 Å². The van der Waals surface area contributed by atoms with Crippen LogP contribution in [0.25, 0.3) is 0 Å². The number of imide groups is 1. The quantitative estimate of drug-likeness (QED) is 0.480. The minimum absolute atomic E-state index is 0.118. The Hall–Kier alpha value is -2.60. The maximum Gasteiger partial charge on any atom is 0.318 e. The zero-order chi connectivity index (χ0) is 16.2. The standard InChI is InChI=1S/C17H13NO4S/c19-15(10-23-12-6-2-1-3-7-12)22-11-18-16(20)13-8-4-5-9-14(13)17(18)21/h1-9H,10-11H2. The summed E-state index contributed by atoms with van der Waals surface area (Å²) in [6, 6.07) is 16.0. The van der Waals surface area contributed by atoms with Gasteiger partial charge in [-0.05, 0) is 24.3 Å². The molecule has 1 heterocycles. The molecule has 2 aromatic carbocycles. The largest absolute Gasteiger partial charge is 0.443 e. The lowest BCUT2D eigenvalue weighted by Crippen LogP contribution is -2.33. The molecule has 23 heavy (non-hydrogen) atoms. The molecule has 5 nitrogen and oxygen atoms in total. The van der Waals surface area contributed by atoms with E-state index in [1.54, 1.807) is 24.3 Å². The van der Waals surface area contributed by atoms with E-state index in [0.717, 1.165) is 9.80 Å². The van der Waals surface area contributed by atoms with Crippen molar-refractivity contribution in [1.82, 2.24) is 4.90 Å². The van der Waals surface area contributed by atoms with Crippen LogP contribution in [0.2, 0.25) is 0 Å². The van der Waals surface area contributed by atoms with E-state index in [1.807, 2.05) is 30.3 Å². The minimum Gasteiger partial charge on any atom is -0.443 e. The molecule has 1 aliphatic rings. The first-order chi connectivity index (χ1) is 11.2. The first-order valence-electron chi connectivity index (χ1n) is 6.95. The number of ether oxygens (including phenoxy) is 1. The van der Waals surface area contributed by atoms with Crippen molar-refractivity contribution in [1.29, 1.82) is 0 Å². The SMILES string of the molecule is O=C(CSc1ccccc1)OCN1C(=O)c2ccccc2C1=O. The number of amides is 2. The Kier molecular flexibility index (Phi) is 4.43. The van der Waals surface area contributed by atoms with Crippen LogP contribution in [0.5, 0.6) is 0 Å². The number of benzene rings is 2. The summed E-state index contributed by atoms with van der Waals surface area (Å²) in [5, 5.41) is 0. The second kappa shape index (κ2) is 6.66. The third-order valence-electron chi connectivity index (χ3n) is 3.33. The number of nitrogens with zero attached hydrogens (tertiary/aromatic N) is 1. The Bertz CT molecular complexity index is 725. The molecule has 0 atom stereocenters. The van der Waals surface area contributed by atoms with E-state index in [0.29, 0.717) is 11.1 Å². The predicted octanol–water partition coefficient (Wildman–Crippen LogP) is 2.58. The number of hydrogen-bond donors (Lipinski definition) is 0. The Labute approximate surface area is 137 Å². The van der Waals surface area contributed by atoms with Crippen LogP contribution in [0.3, 0.4) is 0 Å². The summed E-state index contributed by atoms with van der Waals surface area (Å²) in [6.45, 7) is -0.361. The first-order valence-corrected chi connectivity index (χ1v) is 7.94. The monoisotopic (exact) mass is 327 g/mol. The number of esters is 1. The topological polar surface area (TPSA) is 63.7 Å². The number of fused-ring (bicyclic) bond motifs is 1. The summed E-state index contributed by atoms with van der Waals surface area (Å²) in [6.07, 6.45) is 0. The molecule has 2 amide bonds. The summed E-state index contributed by atoms with van der Waals surface area (Å²) in [4.78, 5) is 37.9. The fourth-order valence-electron chi connectivity index (χ4n) is 2.19. The third-order valence-corrected chi connectivity index (χ3v) is 4.32. The van der Waals surface area contributed by atoms with Gasteiger partial charge in [0.05, 0.1) is 16.9 Å². The van der Waals surface area contributed by atoms with E-state index in [-0.39, 0.29) is 12.5 Å². The summed E-state index contributed by atoms with van der Waals surface area (Å²) in [5.41, 5.74) is 0.680. The number of thioether (sulfide) groups is 1. The highest BCUT2D eigenvalue weighted by Gasteiger charge is 2.35. The molecule has 116 valence electrons. The zero-order valence-corrected chi connectivity index (χ0v) is 12.9. The smallest absolute Gasteiger partial charge is 0.318 e. The molecule has 0 aromatic heterocycles. The van der Waals surface area contributed by atoms with Crippen molar-refractivity contribution in [3.05, 3.63) is 65.7 Å². The molecule has 0 radical (unpaired) electrons. The fraction of sp³-hybridized carbons (Fsp3) is 0.118. The number of rotatable bonds is 5. The molecule has 3 rings (SSSR count). The molecule has 2 aromatic rings. The van der Waals surface area contributed by atoms with Crippen molar-refractivity contribution >= 4 is 29.5 Å². The van der Waals surface area contributed by atoms with E-state index >= 15 is 0 Å². The van der Waals surface area contributed by atoms with Crippen molar-refractivity contribution in [2.75, 3.05) is 12.5 Å². The molecule has 0 aliphatic carbocycles. The summed E-state index contributed by atoms with van der Waals surface area (Å²) in [5.74, 6) is -1.23. The third kappa shape index (κ3) is 3.27. The Morgan fingerprint density at radius 3 is 2.09 bits per heavy atom. The van der Waals surface area contributed by atoms with Crippen LogP contribution in [-0.4, -0.2) is 35.2 Å². The lowest BCUT2D eigenvalue weighted by atomic mass is 10.1. The highest BCUT2D eigenvalue weighted by atomic mass is 32.2. The molecule has 0 saturated carbocycles. The fourth-order valence-corrected chi connectivity index (χ4v) is 2.91. The summed E-state index contributed by atoms with van der Waals surface area (Å²) < 4.78 is 5.04. The molecule has 0 spiro atoms. The van der Waals surface area contributed by atoms with Crippen molar-refractivity contribution in [3.63, 3.8) is 0 Å². The number of hydrogen-bond acceptors (Lipinski definition) is 5. The van der Waals surface area contributed by atoms with Crippen LogP contribution in [0.1, 0.15) is 20.7 Å². The van der Waals surface area contributed by atoms with E-state index in [9.17, 15) is 14.4 Å². The van der Waals surface area contributed by atoms with Crippen LogP contribution in [0.4, 0.5) is 0 Å². The molecule has 1 aliphatic heterocycles. The second-order valence-electron chi connectivity index (χ2n) is 4.83. The van der Waals surface area contributed by atoms with Crippen LogP contribution in [-0.2, 0) is 9.53 Å². The van der Waals surface area contributed by atoms with Gasteiger partial charge in [-0.1, -0.05) is 30.3 Å². The van der Waals surface area contributed by atoms with Gasteiger partial charge in [0.2, 0.25) is 0 Å². The number of carbonyl (C=O) groups excluding carboxylic acids is 3. The lowest BCUT2D eigenvalue weighted by Gasteiger charge is -2.13. The molecular formula is C17H13NO4S. The van der Waals surface area contributed by atoms with E-state index in [2.05, 4.69) is 0 Å². The molecule has 0 unspecified atom stereocenters. The van der Waals surface area contributed by atoms with Crippen LogP contribution in [0, 0.1) is 0 Å². The molecule has 0 bridgehead atoms. The van der Waals surface area contributed by atoms with Gasteiger partial charge in [0.25, 0.3) is 11.8 Å². The van der Waals surface area contributed by atoms with Gasteiger partial charge >= 0.3 is 5.97 Å². The van der Waals surface area contributed by atoms with Crippen LogP contribution in [0.15, 0.2) is 59.5 Å². The Morgan fingerprint density at radius 1 is 0.913 bits per heavy atom. The van der Waals surface area contributed by atoms with E-state index < -0.39 is 17.8 Å². The number of carbonyl (C=O) groups is 3. The molecule has 0 N–H and O–H groups in total. The second-order valence-corrected chi connectivity index (χ2v) is 5.88. The van der Waals surface area contributed by atoms with E-state index in [1.165, 1.54) is 11.8 Å². The van der Waals surface area contributed by atoms with Crippen molar-refractivity contribution in [3.8, 4) is 0 Å². The van der Waals surface area contributed by atoms with Crippen molar-refractivity contribution in [2.45, 2.75) is 4.90 Å². The molecular weight excluding hydrogens is 314 g/mol. The highest BCUT2D eigenvalue weighted by Crippen LogP contribution is 2.22. The van der Waals surface area contributed by atoms with Crippen molar-refractivity contribution < 1.29 is 19.1 Å². The summed E-state index contributed by atoms with van der Waals surface area (Å²) in [7, 11) is 0. The van der Waals surface area contributed by atoms with Crippen molar-refractivity contribution in [2.24, 2.45) is 0 Å². The normalized spacial score (nSPS) is 13.1. The Morgan fingerprint density at radius 2 is 1.48 bits per heavy atom. The first kappa shape index (κ1) is 15.3.